The maximum atomic E-state index is 12.1. The molecule has 1 unspecified atom stereocenters. The van der Waals surface area contributed by atoms with Gasteiger partial charge in [-0.1, -0.05) is 11.6 Å². The zero-order chi connectivity index (χ0) is 17.1. The Morgan fingerprint density at radius 2 is 2.04 bits per heavy atom. The van der Waals surface area contributed by atoms with Crippen molar-refractivity contribution in [3.8, 4) is 0 Å². The average Bonchev–Trinajstić information content (AvgIpc) is 2.94. The molecule has 7 heteroatoms. The van der Waals surface area contributed by atoms with Crippen molar-refractivity contribution in [3.05, 3.63) is 11.7 Å². The second kappa shape index (κ2) is 7.32. The first-order valence-electron chi connectivity index (χ1n) is 8.90. The van der Waals surface area contributed by atoms with Crippen LogP contribution in [-0.4, -0.2) is 57.4 Å². The van der Waals surface area contributed by atoms with Crippen molar-refractivity contribution in [3.63, 3.8) is 0 Å². The fourth-order valence-corrected chi connectivity index (χ4v) is 3.50. The summed E-state index contributed by atoms with van der Waals surface area (Å²) in [7, 11) is 0. The molecule has 0 aromatic carbocycles. The summed E-state index contributed by atoms with van der Waals surface area (Å²) in [5, 5.41) is 4.05. The van der Waals surface area contributed by atoms with Gasteiger partial charge in [0.2, 0.25) is 17.7 Å². The standard InChI is InChI=1S/C17H26N4O3/c1-12(22)20-9-4-7-15(11-20)21(13(2)23)10-8-16-18-17(24-19-16)14-5-3-6-14/h14-15H,3-11H2,1-2H3. The monoisotopic (exact) mass is 334 g/mol. The van der Waals surface area contributed by atoms with Crippen molar-refractivity contribution >= 4 is 11.8 Å². The highest BCUT2D eigenvalue weighted by atomic mass is 16.5. The number of carbonyl (C=O) groups is 2. The summed E-state index contributed by atoms with van der Waals surface area (Å²) >= 11 is 0. The summed E-state index contributed by atoms with van der Waals surface area (Å²) in [6.45, 7) is 5.14. The normalized spacial score (nSPS) is 21.4. The quantitative estimate of drug-likeness (QED) is 0.819. The SMILES string of the molecule is CC(=O)N1CCCC(N(CCc2noc(C3CCC3)n2)C(C)=O)C1. The molecule has 3 rings (SSSR count). The number of amides is 2. The number of nitrogens with zero attached hydrogens (tertiary/aromatic N) is 4. The molecule has 0 radical (unpaired) electrons. The Morgan fingerprint density at radius 3 is 2.67 bits per heavy atom. The maximum absolute atomic E-state index is 12.1. The van der Waals surface area contributed by atoms with Gasteiger partial charge in [0.15, 0.2) is 5.82 Å². The Kier molecular flexibility index (Phi) is 5.16. The molecular weight excluding hydrogens is 308 g/mol. The number of carbonyl (C=O) groups excluding carboxylic acids is 2. The first-order chi connectivity index (χ1) is 11.5. The van der Waals surface area contributed by atoms with Gasteiger partial charge in [-0.25, -0.2) is 0 Å². The van der Waals surface area contributed by atoms with E-state index in [9.17, 15) is 9.59 Å². The molecule has 2 fully saturated rings. The molecule has 0 spiro atoms. The minimum atomic E-state index is 0.0353. The van der Waals surface area contributed by atoms with Gasteiger partial charge in [-0.05, 0) is 25.7 Å². The highest BCUT2D eigenvalue weighted by Gasteiger charge is 2.29. The van der Waals surface area contributed by atoms with Crippen LogP contribution in [0.3, 0.4) is 0 Å². The highest BCUT2D eigenvalue weighted by molar-refractivity contribution is 5.75. The van der Waals surface area contributed by atoms with Gasteiger partial charge in [0.05, 0.1) is 0 Å². The Labute approximate surface area is 142 Å². The predicted octanol–water partition coefficient (Wildman–Crippen LogP) is 1.74. The van der Waals surface area contributed by atoms with Crippen LogP contribution in [0.25, 0.3) is 0 Å². The lowest BCUT2D eigenvalue weighted by Crippen LogP contribution is -2.51. The minimum absolute atomic E-state index is 0.0353. The van der Waals surface area contributed by atoms with Gasteiger partial charge in [-0.2, -0.15) is 4.98 Å². The third-order valence-electron chi connectivity index (χ3n) is 5.20. The zero-order valence-corrected chi connectivity index (χ0v) is 14.5. The number of piperidine rings is 1. The largest absolute Gasteiger partial charge is 0.341 e. The molecule has 24 heavy (non-hydrogen) atoms. The molecule has 0 bridgehead atoms. The van der Waals surface area contributed by atoms with Crippen LogP contribution in [-0.2, 0) is 16.0 Å². The van der Waals surface area contributed by atoms with Crippen LogP contribution < -0.4 is 0 Å². The van der Waals surface area contributed by atoms with Crippen LogP contribution in [0.4, 0.5) is 0 Å². The van der Waals surface area contributed by atoms with E-state index in [4.69, 9.17) is 4.52 Å². The summed E-state index contributed by atoms with van der Waals surface area (Å²) in [5.74, 6) is 1.95. The average molecular weight is 334 g/mol. The number of hydrogen-bond donors (Lipinski definition) is 0. The summed E-state index contributed by atoms with van der Waals surface area (Å²) < 4.78 is 5.34. The molecule has 1 saturated heterocycles. The van der Waals surface area contributed by atoms with Gasteiger partial charge >= 0.3 is 0 Å². The van der Waals surface area contributed by atoms with E-state index in [0.717, 1.165) is 38.1 Å². The van der Waals surface area contributed by atoms with Gasteiger partial charge in [0.1, 0.15) is 0 Å². The predicted molar refractivity (Wildman–Crippen MR) is 87.3 cm³/mol. The summed E-state index contributed by atoms with van der Waals surface area (Å²) in [6, 6.07) is 0.0816. The van der Waals surface area contributed by atoms with Gasteiger partial charge in [0, 0.05) is 51.9 Å². The van der Waals surface area contributed by atoms with E-state index in [1.54, 1.807) is 13.8 Å². The van der Waals surface area contributed by atoms with Crippen LogP contribution in [0.5, 0.6) is 0 Å². The summed E-state index contributed by atoms with van der Waals surface area (Å²) in [4.78, 5) is 31.8. The second-order valence-corrected chi connectivity index (χ2v) is 6.90. The molecule has 2 heterocycles. The molecule has 1 saturated carbocycles. The first kappa shape index (κ1) is 16.9. The van der Waals surface area contributed by atoms with E-state index >= 15 is 0 Å². The van der Waals surface area contributed by atoms with Gasteiger partial charge < -0.3 is 14.3 Å². The fraction of sp³-hybridized carbons (Fsp3) is 0.765. The van der Waals surface area contributed by atoms with Crippen molar-refractivity contribution < 1.29 is 14.1 Å². The lowest BCUT2D eigenvalue weighted by atomic mass is 9.85. The Morgan fingerprint density at radius 1 is 1.25 bits per heavy atom. The summed E-state index contributed by atoms with van der Waals surface area (Å²) in [6.07, 6.45) is 5.94. The van der Waals surface area contributed by atoms with E-state index in [-0.39, 0.29) is 17.9 Å². The van der Waals surface area contributed by atoms with Gasteiger partial charge in [0.25, 0.3) is 0 Å². The summed E-state index contributed by atoms with van der Waals surface area (Å²) in [5.41, 5.74) is 0. The lowest BCUT2D eigenvalue weighted by molar-refractivity contribution is -0.137. The topological polar surface area (TPSA) is 79.5 Å². The van der Waals surface area contributed by atoms with Crippen LogP contribution in [0.1, 0.15) is 63.6 Å². The molecule has 132 valence electrons. The number of hydrogen-bond acceptors (Lipinski definition) is 5. The van der Waals surface area contributed by atoms with E-state index < -0.39 is 0 Å². The van der Waals surface area contributed by atoms with Crippen LogP contribution >= 0.6 is 0 Å². The Hall–Kier alpha value is -1.92. The lowest BCUT2D eigenvalue weighted by Gasteiger charge is -2.38. The number of likely N-dealkylation sites (tertiary alicyclic amines) is 1. The number of aromatic nitrogens is 2. The first-order valence-corrected chi connectivity index (χ1v) is 8.90. The molecule has 7 nitrogen and oxygen atoms in total. The smallest absolute Gasteiger partial charge is 0.229 e. The van der Waals surface area contributed by atoms with Crippen molar-refractivity contribution in [2.75, 3.05) is 19.6 Å². The molecule has 1 aromatic rings. The van der Waals surface area contributed by atoms with Gasteiger partial charge in [-0.3, -0.25) is 9.59 Å². The second-order valence-electron chi connectivity index (χ2n) is 6.90. The van der Waals surface area contributed by atoms with Crippen LogP contribution in [0, 0.1) is 0 Å². The zero-order valence-electron chi connectivity index (χ0n) is 14.5. The molecule has 1 aliphatic heterocycles. The van der Waals surface area contributed by atoms with E-state index in [0.29, 0.717) is 31.3 Å². The Bertz CT molecular complexity index is 596. The Balaban J connectivity index is 1.58. The van der Waals surface area contributed by atoms with E-state index in [1.807, 2.05) is 9.80 Å². The maximum Gasteiger partial charge on any atom is 0.229 e. The minimum Gasteiger partial charge on any atom is -0.341 e. The molecule has 1 aliphatic carbocycles. The molecule has 0 N–H and O–H groups in total. The van der Waals surface area contributed by atoms with Crippen molar-refractivity contribution in [1.29, 1.82) is 0 Å². The van der Waals surface area contributed by atoms with Crippen molar-refractivity contribution in [1.82, 2.24) is 19.9 Å². The van der Waals surface area contributed by atoms with Crippen LogP contribution in [0.15, 0.2) is 4.52 Å². The molecular formula is C17H26N4O3. The molecule has 2 aliphatic rings. The van der Waals surface area contributed by atoms with Crippen molar-refractivity contribution in [2.24, 2.45) is 0 Å². The van der Waals surface area contributed by atoms with E-state index in [1.165, 1.54) is 6.42 Å². The highest BCUT2D eigenvalue weighted by Crippen LogP contribution is 2.35. The number of rotatable bonds is 5. The van der Waals surface area contributed by atoms with E-state index in [2.05, 4.69) is 10.1 Å². The van der Waals surface area contributed by atoms with Crippen LogP contribution in [0.2, 0.25) is 0 Å². The molecule has 2 amide bonds. The molecule has 1 aromatic heterocycles. The third kappa shape index (κ3) is 3.76. The van der Waals surface area contributed by atoms with Gasteiger partial charge in [-0.15, -0.1) is 0 Å². The third-order valence-corrected chi connectivity index (χ3v) is 5.20. The van der Waals surface area contributed by atoms with Crippen molar-refractivity contribution in [2.45, 2.75) is 64.3 Å². The fourth-order valence-electron chi connectivity index (χ4n) is 3.50. The molecule has 1 atom stereocenters.